The van der Waals surface area contributed by atoms with Crippen LogP contribution >= 0.6 is 0 Å². The lowest BCUT2D eigenvalue weighted by molar-refractivity contribution is 0.0929. The van der Waals surface area contributed by atoms with Gasteiger partial charge in [-0.25, -0.2) is 0 Å². The maximum absolute atomic E-state index is 12.4. The monoisotopic (exact) mass is 354 g/mol. The second-order valence-electron chi connectivity index (χ2n) is 6.77. The highest BCUT2D eigenvalue weighted by molar-refractivity contribution is 5.95. The summed E-state index contributed by atoms with van der Waals surface area (Å²) in [6, 6.07) is 5.86. The number of anilines is 1. The predicted octanol–water partition coefficient (Wildman–Crippen LogP) is 2.04. The van der Waals surface area contributed by atoms with Crippen molar-refractivity contribution in [2.24, 2.45) is 0 Å². The average molecular weight is 354 g/mol. The first-order valence-corrected chi connectivity index (χ1v) is 8.83. The maximum atomic E-state index is 12.4. The summed E-state index contributed by atoms with van der Waals surface area (Å²) in [4.78, 5) is 14.7. The number of carbonyl (C=O) groups excluding carboxylic acids is 1. The molecular formula is C18H22N6O2. The summed E-state index contributed by atoms with van der Waals surface area (Å²) in [6.07, 6.45) is 1.75. The van der Waals surface area contributed by atoms with Gasteiger partial charge in [0.2, 0.25) is 0 Å². The third-order valence-electron chi connectivity index (χ3n) is 4.84. The summed E-state index contributed by atoms with van der Waals surface area (Å²) >= 11 is 0. The minimum Gasteiger partial charge on any atom is -0.466 e. The van der Waals surface area contributed by atoms with Crippen molar-refractivity contribution in [3.8, 4) is 0 Å². The summed E-state index contributed by atoms with van der Waals surface area (Å²) in [5.74, 6) is 3.05. The number of amides is 1. The van der Waals surface area contributed by atoms with Gasteiger partial charge in [-0.2, -0.15) is 4.52 Å². The lowest BCUT2D eigenvalue weighted by Crippen LogP contribution is -2.45. The van der Waals surface area contributed by atoms with Crippen molar-refractivity contribution >= 4 is 17.4 Å². The summed E-state index contributed by atoms with van der Waals surface area (Å²) < 4.78 is 7.21. The molecule has 3 aromatic rings. The molecule has 0 aliphatic carbocycles. The van der Waals surface area contributed by atoms with E-state index in [1.165, 1.54) is 0 Å². The fraction of sp³-hybridized carbons (Fsp3) is 0.444. The number of aromatic nitrogens is 4. The molecule has 4 rings (SSSR count). The van der Waals surface area contributed by atoms with E-state index < -0.39 is 0 Å². The van der Waals surface area contributed by atoms with Crippen molar-refractivity contribution in [1.82, 2.24) is 25.1 Å². The summed E-state index contributed by atoms with van der Waals surface area (Å²) in [5, 5.41) is 15.9. The molecule has 1 fully saturated rings. The SMILES string of the molecule is Cc1cc(C(=O)NC2CCN(c3ccc4nnc(C)n4n3)CC2)c(C)o1. The molecule has 26 heavy (non-hydrogen) atoms. The Kier molecular flexibility index (Phi) is 4.10. The van der Waals surface area contributed by atoms with Crippen molar-refractivity contribution in [2.75, 3.05) is 18.0 Å². The molecular weight excluding hydrogens is 332 g/mol. The van der Waals surface area contributed by atoms with Gasteiger partial charge in [-0.05, 0) is 51.8 Å². The first-order chi connectivity index (χ1) is 12.5. The van der Waals surface area contributed by atoms with E-state index in [0.717, 1.165) is 49.0 Å². The molecule has 0 atom stereocenters. The standard InChI is InChI=1S/C18H22N6O2/c1-11-10-15(12(2)26-11)18(25)19-14-6-8-23(9-7-14)17-5-4-16-21-20-13(3)24(16)22-17/h4-5,10,14H,6-9H2,1-3H3,(H,19,25). The zero-order valence-corrected chi connectivity index (χ0v) is 15.2. The normalized spacial score (nSPS) is 15.6. The molecule has 1 aliphatic heterocycles. The van der Waals surface area contributed by atoms with E-state index in [-0.39, 0.29) is 11.9 Å². The highest BCUT2D eigenvalue weighted by atomic mass is 16.3. The van der Waals surface area contributed by atoms with Gasteiger partial charge >= 0.3 is 0 Å². The number of piperidine rings is 1. The van der Waals surface area contributed by atoms with E-state index in [9.17, 15) is 4.79 Å². The third kappa shape index (κ3) is 3.02. The molecule has 1 N–H and O–H groups in total. The van der Waals surface area contributed by atoms with Gasteiger partial charge in [-0.15, -0.1) is 15.3 Å². The van der Waals surface area contributed by atoms with Crippen LogP contribution < -0.4 is 10.2 Å². The van der Waals surface area contributed by atoms with Crippen LogP contribution in [0.25, 0.3) is 5.65 Å². The first kappa shape index (κ1) is 16.6. The second-order valence-corrected chi connectivity index (χ2v) is 6.77. The van der Waals surface area contributed by atoms with Crippen LogP contribution in [0.3, 0.4) is 0 Å². The minimum atomic E-state index is -0.0579. The summed E-state index contributed by atoms with van der Waals surface area (Å²) in [5.41, 5.74) is 1.37. The van der Waals surface area contributed by atoms with Crippen LogP contribution in [0.2, 0.25) is 0 Å². The summed E-state index contributed by atoms with van der Waals surface area (Å²) in [6.45, 7) is 7.24. The quantitative estimate of drug-likeness (QED) is 0.774. The third-order valence-corrected chi connectivity index (χ3v) is 4.84. The Hall–Kier alpha value is -2.90. The molecule has 136 valence electrons. The molecule has 0 aromatic carbocycles. The van der Waals surface area contributed by atoms with E-state index >= 15 is 0 Å². The van der Waals surface area contributed by atoms with E-state index in [4.69, 9.17) is 4.42 Å². The number of nitrogens with one attached hydrogen (secondary N) is 1. The van der Waals surface area contributed by atoms with Crippen LogP contribution in [-0.2, 0) is 0 Å². The van der Waals surface area contributed by atoms with Crippen LogP contribution in [-0.4, -0.2) is 44.8 Å². The number of nitrogens with zero attached hydrogens (tertiary/aromatic N) is 5. The molecule has 0 saturated carbocycles. The molecule has 1 aliphatic rings. The summed E-state index contributed by atoms with van der Waals surface area (Å²) in [7, 11) is 0. The number of fused-ring (bicyclic) bond motifs is 1. The van der Waals surface area contributed by atoms with Crippen LogP contribution in [0.4, 0.5) is 5.82 Å². The van der Waals surface area contributed by atoms with Gasteiger partial charge in [-0.3, -0.25) is 4.79 Å². The van der Waals surface area contributed by atoms with Crippen molar-refractivity contribution in [1.29, 1.82) is 0 Å². The Balaban J connectivity index is 1.39. The van der Waals surface area contributed by atoms with E-state index in [2.05, 4.69) is 25.5 Å². The zero-order valence-electron chi connectivity index (χ0n) is 15.2. The molecule has 0 bridgehead atoms. The molecule has 8 nitrogen and oxygen atoms in total. The topological polar surface area (TPSA) is 88.6 Å². The Morgan fingerprint density at radius 1 is 1.19 bits per heavy atom. The molecule has 0 spiro atoms. The lowest BCUT2D eigenvalue weighted by atomic mass is 10.0. The van der Waals surface area contributed by atoms with E-state index in [0.29, 0.717) is 11.3 Å². The fourth-order valence-electron chi connectivity index (χ4n) is 3.43. The Morgan fingerprint density at radius 2 is 1.96 bits per heavy atom. The average Bonchev–Trinajstić information content (AvgIpc) is 3.17. The maximum Gasteiger partial charge on any atom is 0.255 e. The van der Waals surface area contributed by atoms with E-state index in [1.54, 1.807) is 10.6 Å². The number of hydrogen-bond donors (Lipinski definition) is 1. The molecule has 0 unspecified atom stereocenters. The van der Waals surface area contributed by atoms with Gasteiger partial charge in [0.05, 0.1) is 5.56 Å². The fourth-order valence-corrected chi connectivity index (χ4v) is 3.43. The number of rotatable bonds is 3. The Bertz CT molecular complexity index is 952. The molecule has 4 heterocycles. The smallest absolute Gasteiger partial charge is 0.255 e. The second kappa shape index (κ2) is 6.44. The Morgan fingerprint density at radius 3 is 2.65 bits per heavy atom. The number of hydrogen-bond acceptors (Lipinski definition) is 6. The number of furan rings is 1. The van der Waals surface area contributed by atoms with Gasteiger partial charge in [0.15, 0.2) is 11.5 Å². The van der Waals surface area contributed by atoms with Crippen molar-refractivity contribution in [3.63, 3.8) is 0 Å². The molecule has 8 heteroatoms. The highest BCUT2D eigenvalue weighted by Gasteiger charge is 2.24. The van der Waals surface area contributed by atoms with Crippen molar-refractivity contribution < 1.29 is 9.21 Å². The first-order valence-electron chi connectivity index (χ1n) is 8.83. The van der Waals surface area contributed by atoms with Crippen molar-refractivity contribution in [3.05, 3.63) is 41.1 Å². The Labute approximate surface area is 151 Å². The molecule has 0 radical (unpaired) electrons. The van der Waals surface area contributed by atoms with E-state index in [1.807, 2.05) is 32.9 Å². The van der Waals surface area contributed by atoms with Crippen LogP contribution in [0.1, 0.15) is 40.5 Å². The number of aryl methyl sites for hydroxylation is 3. The lowest BCUT2D eigenvalue weighted by Gasteiger charge is -2.33. The highest BCUT2D eigenvalue weighted by Crippen LogP contribution is 2.20. The van der Waals surface area contributed by atoms with Gasteiger partial charge in [0.1, 0.15) is 17.3 Å². The molecule has 1 amide bonds. The zero-order chi connectivity index (χ0) is 18.3. The van der Waals surface area contributed by atoms with Gasteiger partial charge in [0, 0.05) is 19.1 Å². The van der Waals surface area contributed by atoms with Gasteiger partial charge in [-0.1, -0.05) is 0 Å². The molecule has 3 aromatic heterocycles. The number of carbonyl (C=O) groups is 1. The van der Waals surface area contributed by atoms with Gasteiger partial charge in [0.25, 0.3) is 5.91 Å². The molecule has 1 saturated heterocycles. The minimum absolute atomic E-state index is 0.0579. The van der Waals surface area contributed by atoms with Crippen LogP contribution in [0.15, 0.2) is 22.6 Å². The van der Waals surface area contributed by atoms with Crippen LogP contribution in [0.5, 0.6) is 0 Å². The van der Waals surface area contributed by atoms with Crippen LogP contribution in [0, 0.1) is 20.8 Å². The largest absolute Gasteiger partial charge is 0.466 e. The predicted molar refractivity (Wildman–Crippen MR) is 96.4 cm³/mol. The van der Waals surface area contributed by atoms with Crippen molar-refractivity contribution in [2.45, 2.75) is 39.7 Å². The van der Waals surface area contributed by atoms with Gasteiger partial charge < -0.3 is 14.6 Å².